The van der Waals surface area contributed by atoms with Crippen molar-refractivity contribution in [2.24, 2.45) is 0 Å². The van der Waals surface area contributed by atoms with Crippen molar-refractivity contribution in [2.75, 3.05) is 5.32 Å². The minimum atomic E-state index is -0.479. The Balaban J connectivity index is 1.73. The molecule has 0 fully saturated rings. The van der Waals surface area contributed by atoms with Crippen LogP contribution in [0.4, 0.5) is 5.69 Å². The van der Waals surface area contributed by atoms with Crippen LogP contribution in [0.1, 0.15) is 37.1 Å². The fraction of sp³-hybridized carbons (Fsp3) is 0.160. The van der Waals surface area contributed by atoms with Gasteiger partial charge in [0.15, 0.2) is 17.7 Å². The van der Waals surface area contributed by atoms with Crippen LogP contribution in [0, 0.1) is 0 Å². The first-order valence-corrected chi connectivity index (χ1v) is 11.1. The van der Waals surface area contributed by atoms with E-state index in [9.17, 15) is 4.79 Å². The van der Waals surface area contributed by atoms with E-state index >= 15 is 0 Å². The van der Waals surface area contributed by atoms with E-state index in [1.807, 2.05) is 60.7 Å². The normalized spacial score (nSPS) is 14.6. The first kappa shape index (κ1) is 20.7. The molecule has 0 saturated heterocycles. The van der Waals surface area contributed by atoms with Crippen LogP contribution in [0.15, 0.2) is 71.5 Å². The molecular formula is C25H20Cl2N4O. The predicted molar refractivity (Wildman–Crippen MR) is 129 cm³/mol. The average molecular weight is 463 g/mol. The maximum absolute atomic E-state index is 13.0. The summed E-state index contributed by atoms with van der Waals surface area (Å²) >= 11 is 12.9. The number of para-hydroxylation sites is 1. The van der Waals surface area contributed by atoms with Crippen molar-refractivity contribution < 1.29 is 0 Å². The standard InChI is InChI=1S/C25H20Cl2N4O/c1-14(2)15-10-12-16(13-11-15)22-25(32)29-23-17-6-3-4-9-20(17)28-24(31(23)30-22)18-7-5-8-19(26)21(18)27/h3-14,24,28H,1-2H3/t24-/m1/s1. The van der Waals surface area contributed by atoms with E-state index in [1.54, 1.807) is 10.7 Å². The van der Waals surface area contributed by atoms with Crippen molar-refractivity contribution in [3.05, 3.63) is 98.3 Å². The van der Waals surface area contributed by atoms with Crippen LogP contribution in [0.5, 0.6) is 0 Å². The number of fused-ring (bicyclic) bond motifs is 3. The molecule has 7 heteroatoms. The Kier molecular flexibility index (Phi) is 5.24. The van der Waals surface area contributed by atoms with E-state index in [1.165, 1.54) is 5.56 Å². The van der Waals surface area contributed by atoms with E-state index in [0.717, 1.165) is 22.4 Å². The predicted octanol–water partition coefficient (Wildman–Crippen LogP) is 6.37. The molecule has 0 spiro atoms. The lowest BCUT2D eigenvalue weighted by Gasteiger charge is -2.31. The van der Waals surface area contributed by atoms with Gasteiger partial charge in [0.05, 0.1) is 10.0 Å². The fourth-order valence-electron chi connectivity index (χ4n) is 3.92. The van der Waals surface area contributed by atoms with Crippen molar-refractivity contribution in [3.63, 3.8) is 0 Å². The molecule has 3 aromatic carbocycles. The number of anilines is 1. The van der Waals surface area contributed by atoms with Crippen molar-refractivity contribution >= 4 is 28.9 Å². The summed E-state index contributed by atoms with van der Waals surface area (Å²) in [4.78, 5) is 17.5. The van der Waals surface area contributed by atoms with Gasteiger partial charge in [0.1, 0.15) is 0 Å². The van der Waals surface area contributed by atoms with Crippen LogP contribution >= 0.6 is 23.2 Å². The van der Waals surface area contributed by atoms with Crippen LogP contribution in [-0.2, 0) is 0 Å². The summed E-state index contributed by atoms with van der Waals surface area (Å²) in [5, 5.41) is 9.12. The fourth-order valence-corrected chi connectivity index (χ4v) is 4.33. The summed E-state index contributed by atoms with van der Waals surface area (Å²) in [6.07, 6.45) is -0.479. The van der Waals surface area contributed by atoms with Gasteiger partial charge >= 0.3 is 0 Å². The van der Waals surface area contributed by atoms with Gasteiger partial charge in [-0.3, -0.25) is 4.79 Å². The van der Waals surface area contributed by atoms with Gasteiger partial charge in [0.2, 0.25) is 0 Å². The van der Waals surface area contributed by atoms with Crippen molar-refractivity contribution in [3.8, 4) is 22.6 Å². The zero-order valence-electron chi connectivity index (χ0n) is 17.5. The highest BCUT2D eigenvalue weighted by Crippen LogP contribution is 2.39. The summed E-state index contributed by atoms with van der Waals surface area (Å²) in [6, 6.07) is 21.0. The Morgan fingerprint density at radius 2 is 1.72 bits per heavy atom. The van der Waals surface area contributed by atoms with E-state index in [0.29, 0.717) is 21.8 Å². The Bertz CT molecular complexity index is 1380. The Morgan fingerprint density at radius 1 is 0.969 bits per heavy atom. The lowest BCUT2D eigenvalue weighted by atomic mass is 10.0. The van der Waals surface area contributed by atoms with Gasteiger partial charge in [-0.15, -0.1) is 0 Å². The largest absolute Gasteiger partial charge is 0.359 e. The molecule has 0 amide bonds. The average Bonchev–Trinajstić information content (AvgIpc) is 2.80. The van der Waals surface area contributed by atoms with E-state index in [2.05, 4.69) is 24.1 Å². The minimum Gasteiger partial charge on any atom is -0.359 e. The molecular weight excluding hydrogens is 443 g/mol. The first-order valence-electron chi connectivity index (χ1n) is 10.3. The van der Waals surface area contributed by atoms with Crippen LogP contribution in [0.3, 0.4) is 0 Å². The molecule has 4 aromatic rings. The number of benzene rings is 3. The van der Waals surface area contributed by atoms with E-state index in [-0.39, 0.29) is 11.3 Å². The molecule has 1 atom stereocenters. The maximum Gasteiger partial charge on any atom is 0.300 e. The van der Waals surface area contributed by atoms with Gasteiger partial charge in [-0.1, -0.05) is 85.6 Å². The van der Waals surface area contributed by atoms with Gasteiger partial charge in [-0.2, -0.15) is 10.1 Å². The quantitative estimate of drug-likeness (QED) is 0.383. The first-order chi connectivity index (χ1) is 15.4. The molecule has 160 valence electrons. The highest BCUT2D eigenvalue weighted by Gasteiger charge is 2.29. The molecule has 1 aliphatic heterocycles. The maximum atomic E-state index is 13.0. The second-order valence-corrected chi connectivity index (χ2v) is 8.83. The molecule has 1 aromatic heterocycles. The number of halogens is 2. The Hall–Kier alpha value is -3.15. The highest BCUT2D eigenvalue weighted by molar-refractivity contribution is 6.42. The van der Waals surface area contributed by atoms with Crippen molar-refractivity contribution in [2.45, 2.75) is 25.9 Å². The Labute approximate surface area is 195 Å². The van der Waals surface area contributed by atoms with Gasteiger partial charge in [0.25, 0.3) is 5.56 Å². The summed E-state index contributed by atoms with van der Waals surface area (Å²) in [5.74, 6) is 0.878. The van der Waals surface area contributed by atoms with Crippen molar-refractivity contribution in [1.82, 2.24) is 14.8 Å². The van der Waals surface area contributed by atoms with E-state index < -0.39 is 6.17 Å². The second-order valence-electron chi connectivity index (χ2n) is 8.05. The van der Waals surface area contributed by atoms with Crippen molar-refractivity contribution in [1.29, 1.82) is 0 Å². The summed E-state index contributed by atoms with van der Waals surface area (Å²) in [5.41, 5.74) is 4.21. The van der Waals surface area contributed by atoms with Gasteiger partial charge in [0, 0.05) is 22.4 Å². The van der Waals surface area contributed by atoms with Crippen LogP contribution in [-0.4, -0.2) is 14.8 Å². The molecule has 1 N–H and O–H groups in total. The lowest BCUT2D eigenvalue weighted by Crippen LogP contribution is -2.32. The highest BCUT2D eigenvalue weighted by atomic mass is 35.5. The smallest absolute Gasteiger partial charge is 0.300 e. The molecule has 0 radical (unpaired) electrons. The molecule has 5 nitrogen and oxygen atoms in total. The number of aromatic nitrogens is 3. The SMILES string of the molecule is CC(C)c1ccc(-c2nn3c(nc2=O)-c2ccccc2N[C@H]3c2cccc(Cl)c2Cl)cc1. The monoisotopic (exact) mass is 462 g/mol. The zero-order chi connectivity index (χ0) is 22.4. The topological polar surface area (TPSA) is 59.8 Å². The molecule has 0 bridgehead atoms. The lowest BCUT2D eigenvalue weighted by molar-refractivity contribution is 0.550. The third kappa shape index (κ3) is 3.48. The Morgan fingerprint density at radius 3 is 2.47 bits per heavy atom. The number of rotatable bonds is 3. The number of nitrogens with one attached hydrogen (secondary N) is 1. The molecule has 2 heterocycles. The van der Waals surface area contributed by atoms with Crippen LogP contribution < -0.4 is 10.9 Å². The molecule has 5 rings (SSSR count). The van der Waals surface area contributed by atoms with Crippen LogP contribution in [0.2, 0.25) is 10.0 Å². The van der Waals surface area contributed by atoms with Crippen LogP contribution in [0.25, 0.3) is 22.6 Å². The molecule has 32 heavy (non-hydrogen) atoms. The minimum absolute atomic E-state index is 0.286. The number of hydrogen-bond acceptors (Lipinski definition) is 4. The van der Waals surface area contributed by atoms with Gasteiger partial charge < -0.3 is 5.32 Å². The summed E-state index contributed by atoms with van der Waals surface area (Å²) in [7, 11) is 0. The molecule has 0 aliphatic carbocycles. The molecule has 1 aliphatic rings. The van der Waals surface area contributed by atoms with E-state index in [4.69, 9.17) is 28.3 Å². The molecule has 0 saturated carbocycles. The third-order valence-corrected chi connectivity index (χ3v) is 6.50. The third-order valence-electron chi connectivity index (χ3n) is 5.67. The number of hydrogen-bond donors (Lipinski definition) is 1. The van der Waals surface area contributed by atoms with Gasteiger partial charge in [-0.05, 0) is 29.7 Å². The number of nitrogens with zero attached hydrogens (tertiary/aromatic N) is 3. The molecule has 0 unspecified atom stereocenters. The summed E-state index contributed by atoms with van der Waals surface area (Å²) in [6.45, 7) is 4.26. The second kappa shape index (κ2) is 8.08. The van der Waals surface area contributed by atoms with Gasteiger partial charge in [-0.25, -0.2) is 4.68 Å². The zero-order valence-corrected chi connectivity index (χ0v) is 19.0. The summed E-state index contributed by atoms with van der Waals surface area (Å²) < 4.78 is 1.72.